The third kappa shape index (κ3) is 4.41. The number of hydrogen-bond acceptors (Lipinski definition) is 2. The molecule has 0 aromatic heterocycles. The predicted molar refractivity (Wildman–Crippen MR) is 79.1 cm³/mol. The Morgan fingerprint density at radius 2 is 2.00 bits per heavy atom. The summed E-state index contributed by atoms with van der Waals surface area (Å²) in [5.41, 5.74) is 0.573. The highest BCUT2D eigenvalue weighted by Gasteiger charge is 2.30. The molecule has 1 N–H and O–H groups in total. The third-order valence-corrected chi connectivity index (χ3v) is 4.92. The minimum atomic E-state index is -4.34. The number of benzene rings is 1. The average Bonchev–Trinajstić information content (AvgIpc) is 2.46. The lowest BCUT2D eigenvalue weighted by Gasteiger charge is -2.27. The maximum Gasteiger partial charge on any atom is 0.416 e. The maximum atomic E-state index is 12.8. The van der Waals surface area contributed by atoms with Crippen molar-refractivity contribution in [3.05, 3.63) is 41.5 Å². The van der Waals surface area contributed by atoms with Gasteiger partial charge in [0, 0.05) is 24.6 Å². The first kappa shape index (κ1) is 16.2. The summed E-state index contributed by atoms with van der Waals surface area (Å²) in [7, 11) is 0. The van der Waals surface area contributed by atoms with Crippen molar-refractivity contribution in [2.24, 2.45) is 0 Å². The number of halogens is 3. The Morgan fingerprint density at radius 1 is 1.33 bits per heavy atom. The van der Waals surface area contributed by atoms with Crippen LogP contribution in [0.2, 0.25) is 0 Å². The van der Waals surface area contributed by atoms with E-state index < -0.39 is 22.9 Å². The van der Waals surface area contributed by atoms with Gasteiger partial charge in [0.15, 0.2) is 0 Å². The zero-order valence-electron chi connectivity index (χ0n) is 11.7. The summed E-state index contributed by atoms with van der Waals surface area (Å²) in [5.74, 6) is 1.30. The number of hydrogen-bond donors (Lipinski definition) is 1. The molecular formula is C15H18F3NOS. The summed E-state index contributed by atoms with van der Waals surface area (Å²) >= 11 is -0.746. The standard InChI is InChI=1S/C15H18F3NOS/c1-2-14(19-13-6-8-21(20)9-7-13)11-4-3-5-12(10-11)15(16,17)18/h2-5,10,13,19H,6-9H2,1H3. The van der Waals surface area contributed by atoms with Crippen molar-refractivity contribution >= 4 is 16.9 Å². The second-order valence-electron chi connectivity index (χ2n) is 5.05. The van der Waals surface area contributed by atoms with Crippen LogP contribution in [0.3, 0.4) is 0 Å². The molecule has 0 radical (unpaired) electrons. The van der Waals surface area contributed by atoms with Gasteiger partial charge >= 0.3 is 6.18 Å². The van der Waals surface area contributed by atoms with Crippen LogP contribution in [0.15, 0.2) is 30.3 Å². The smallest absolute Gasteiger partial charge is 0.416 e. The van der Waals surface area contributed by atoms with Gasteiger partial charge < -0.3 is 9.87 Å². The Balaban J connectivity index is 2.11. The molecule has 0 spiro atoms. The highest BCUT2D eigenvalue weighted by molar-refractivity contribution is 7.91. The van der Waals surface area contributed by atoms with Crippen molar-refractivity contribution in [1.29, 1.82) is 0 Å². The van der Waals surface area contributed by atoms with Crippen molar-refractivity contribution in [2.75, 3.05) is 11.5 Å². The fraction of sp³-hybridized carbons (Fsp3) is 0.467. The van der Waals surface area contributed by atoms with Gasteiger partial charge in [0.2, 0.25) is 0 Å². The quantitative estimate of drug-likeness (QED) is 0.865. The van der Waals surface area contributed by atoms with Gasteiger partial charge in [-0.15, -0.1) is 0 Å². The Bertz CT molecular complexity index is 508. The van der Waals surface area contributed by atoms with E-state index in [1.54, 1.807) is 19.1 Å². The monoisotopic (exact) mass is 317 g/mol. The molecule has 6 heteroatoms. The van der Waals surface area contributed by atoms with Crippen LogP contribution in [-0.4, -0.2) is 22.1 Å². The molecule has 1 aromatic carbocycles. The molecule has 0 saturated carbocycles. The molecule has 1 aliphatic rings. The van der Waals surface area contributed by atoms with Gasteiger partial charge in [-0.2, -0.15) is 13.2 Å². The van der Waals surface area contributed by atoms with Gasteiger partial charge in [-0.3, -0.25) is 0 Å². The Hall–Kier alpha value is -1.14. The van der Waals surface area contributed by atoms with E-state index in [9.17, 15) is 17.7 Å². The van der Waals surface area contributed by atoms with Gasteiger partial charge in [-0.1, -0.05) is 29.4 Å². The average molecular weight is 317 g/mol. The minimum absolute atomic E-state index is 0.170. The van der Waals surface area contributed by atoms with Gasteiger partial charge in [0.05, 0.1) is 5.56 Å². The van der Waals surface area contributed by atoms with Crippen LogP contribution in [0, 0.1) is 0 Å². The van der Waals surface area contributed by atoms with Crippen LogP contribution < -0.4 is 5.32 Å². The van der Waals surface area contributed by atoms with Crippen molar-refractivity contribution in [3.8, 4) is 0 Å². The second kappa shape index (κ2) is 6.75. The third-order valence-electron chi connectivity index (χ3n) is 3.54. The largest absolute Gasteiger partial charge is 0.616 e. The van der Waals surface area contributed by atoms with Crippen LogP contribution in [-0.2, 0) is 17.4 Å². The summed E-state index contributed by atoms with van der Waals surface area (Å²) in [6, 6.07) is 5.48. The Morgan fingerprint density at radius 3 is 2.57 bits per heavy atom. The van der Waals surface area contributed by atoms with E-state index in [-0.39, 0.29) is 6.04 Å². The number of allylic oxidation sites excluding steroid dienone is 1. The summed E-state index contributed by atoms with van der Waals surface area (Å²) in [4.78, 5) is 0. The fourth-order valence-electron chi connectivity index (χ4n) is 2.35. The first-order chi connectivity index (χ1) is 9.90. The lowest BCUT2D eigenvalue weighted by molar-refractivity contribution is -0.137. The van der Waals surface area contributed by atoms with Crippen LogP contribution >= 0.6 is 0 Å². The van der Waals surface area contributed by atoms with E-state index in [2.05, 4.69) is 5.32 Å². The summed E-state index contributed by atoms with van der Waals surface area (Å²) in [5, 5.41) is 3.28. The van der Waals surface area contributed by atoms with Gasteiger partial charge in [0.25, 0.3) is 0 Å². The molecule has 0 unspecified atom stereocenters. The first-order valence-electron chi connectivity index (χ1n) is 6.85. The van der Waals surface area contributed by atoms with E-state index in [1.807, 2.05) is 0 Å². The zero-order valence-corrected chi connectivity index (χ0v) is 12.6. The molecule has 21 heavy (non-hydrogen) atoms. The lowest BCUT2D eigenvalue weighted by atomic mass is 10.1. The molecule has 0 aliphatic carbocycles. The molecule has 1 heterocycles. The van der Waals surface area contributed by atoms with Gasteiger partial charge in [0.1, 0.15) is 11.5 Å². The van der Waals surface area contributed by atoms with E-state index in [0.29, 0.717) is 22.8 Å². The van der Waals surface area contributed by atoms with Crippen molar-refractivity contribution in [3.63, 3.8) is 0 Å². The molecule has 2 nitrogen and oxygen atoms in total. The predicted octanol–water partition coefficient (Wildman–Crippen LogP) is 3.57. The van der Waals surface area contributed by atoms with Gasteiger partial charge in [-0.25, -0.2) is 0 Å². The van der Waals surface area contributed by atoms with Crippen LogP contribution in [0.25, 0.3) is 5.70 Å². The zero-order chi connectivity index (χ0) is 15.5. The van der Waals surface area contributed by atoms with E-state index >= 15 is 0 Å². The SMILES string of the molecule is CC=C(NC1CC[S+]([O-])CC1)c1cccc(C(F)(F)F)c1. The van der Waals surface area contributed by atoms with E-state index in [4.69, 9.17) is 0 Å². The molecular weight excluding hydrogens is 299 g/mol. The highest BCUT2D eigenvalue weighted by Crippen LogP contribution is 2.30. The molecule has 1 saturated heterocycles. The molecule has 1 aromatic rings. The molecule has 0 bridgehead atoms. The van der Waals surface area contributed by atoms with Gasteiger partial charge in [-0.05, 0) is 24.6 Å². The van der Waals surface area contributed by atoms with Crippen molar-refractivity contribution in [1.82, 2.24) is 5.32 Å². The summed E-state index contributed by atoms with van der Waals surface area (Å²) in [6.45, 7) is 1.80. The number of rotatable bonds is 3. The van der Waals surface area contributed by atoms with E-state index in [1.165, 1.54) is 6.07 Å². The summed E-state index contributed by atoms with van der Waals surface area (Å²) in [6.07, 6.45) is -0.997. The Kier molecular flexibility index (Phi) is 5.22. The van der Waals surface area contributed by atoms with Crippen LogP contribution in [0.5, 0.6) is 0 Å². The molecule has 2 rings (SSSR count). The molecule has 0 atom stereocenters. The normalized spacial score (nSPS) is 24.0. The van der Waals surface area contributed by atoms with Crippen LogP contribution in [0.1, 0.15) is 30.9 Å². The highest BCUT2D eigenvalue weighted by atomic mass is 32.2. The first-order valence-corrected chi connectivity index (χ1v) is 8.34. The number of nitrogens with one attached hydrogen (secondary N) is 1. The van der Waals surface area contributed by atoms with E-state index in [0.717, 1.165) is 25.0 Å². The molecule has 116 valence electrons. The van der Waals surface area contributed by atoms with Crippen molar-refractivity contribution in [2.45, 2.75) is 32.0 Å². The number of alkyl halides is 3. The minimum Gasteiger partial charge on any atom is -0.616 e. The van der Waals surface area contributed by atoms with Crippen molar-refractivity contribution < 1.29 is 17.7 Å². The Labute approximate surface area is 125 Å². The fourth-order valence-corrected chi connectivity index (χ4v) is 3.65. The molecule has 0 amide bonds. The topological polar surface area (TPSA) is 35.1 Å². The second-order valence-corrected chi connectivity index (χ2v) is 6.74. The summed E-state index contributed by atoms with van der Waals surface area (Å²) < 4.78 is 49.6. The van der Waals surface area contributed by atoms with Crippen LogP contribution in [0.4, 0.5) is 13.2 Å². The molecule has 1 fully saturated rings. The molecule has 1 aliphatic heterocycles. The maximum absolute atomic E-state index is 12.8. The lowest BCUT2D eigenvalue weighted by Crippen LogP contribution is -2.36.